The molecule has 0 spiro atoms. The van der Waals surface area contributed by atoms with Gasteiger partial charge in [-0.05, 0) is 141 Å². The molecule has 0 radical (unpaired) electrons. The van der Waals surface area contributed by atoms with E-state index in [2.05, 4.69) is 0 Å². The van der Waals surface area contributed by atoms with Crippen LogP contribution in [0.15, 0.2) is 115 Å². The highest BCUT2D eigenvalue weighted by Crippen LogP contribution is 2.36. The number of esters is 3. The van der Waals surface area contributed by atoms with E-state index in [0.717, 1.165) is 12.1 Å². The number of hydrogen-bond donors (Lipinski definition) is 3. The zero-order valence-electron chi connectivity index (χ0n) is 39.0. The van der Waals surface area contributed by atoms with Crippen LogP contribution in [0, 0.1) is 0 Å². The minimum Gasteiger partial charge on any atom is -0.494 e. The van der Waals surface area contributed by atoms with Gasteiger partial charge >= 0.3 is 36.2 Å². The average molecular weight is 1020 g/mol. The van der Waals surface area contributed by atoms with Crippen LogP contribution in [0.2, 0.25) is 0 Å². The Morgan fingerprint density at radius 2 is 0.945 bits per heavy atom. The second-order valence-electron chi connectivity index (χ2n) is 16.0. The Balaban J connectivity index is 1.00. The van der Waals surface area contributed by atoms with Gasteiger partial charge in [-0.3, -0.25) is 4.79 Å². The summed E-state index contributed by atoms with van der Waals surface area (Å²) < 4.78 is 106. The number of halogens is 6. The zero-order chi connectivity index (χ0) is 53.0. The number of carbonyl (C=O) groups excluding carboxylic acids is 4. The van der Waals surface area contributed by atoms with Crippen LogP contribution in [-0.2, 0) is 9.53 Å². The van der Waals surface area contributed by atoms with E-state index in [1.165, 1.54) is 91.0 Å². The van der Waals surface area contributed by atoms with Crippen LogP contribution in [0.1, 0.15) is 104 Å². The van der Waals surface area contributed by atoms with Gasteiger partial charge in [-0.25, -0.2) is 19.2 Å². The number of ether oxygens (including phenoxy) is 6. The smallest absolute Gasteiger partial charge is 0.389 e. The number of rotatable bonds is 26. The second-order valence-corrected chi connectivity index (χ2v) is 16.0. The standard InChI is InChI=1S/C53H50F6N2O12/c54-52(55,56)27-5-31-68-38-21-13-36(14-22-38)50(66)72-40-17-7-34(8-18-40)11-25-44(62)46-42(49(64)65)33-43(60)48(47(46)61)71-30-4-2-1-3-29-70-45(63)26-12-35-9-19-41(20-10-35)73-51(67)37-15-23-39(24-16-37)69-32-6-28-53(57,58)59/h7-26,33H,1-6,27-32,60-61H2,(H,64,65)/b25-11+,26-12+. The van der Waals surface area contributed by atoms with Crippen molar-refractivity contribution in [3.05, 3.63) is 149 Å². The first kappa shape index (κ1) is 55.6. The van der Waals surface area contributed by atoms with Crippen LogP contribution in [-0.4, -0.2) is 73.5 Å². The molecule has 386 valence electrons. The van der Waals surface area contributed by atoms with Crippen molar-refractivity contribution in [2.45, 2.75) is 63.7 Å². The molecule has 0 amide bonds. The fraction of sp³-hybridized carbons (Fsp3) is 0.264. The van der Waals surface area contributed by atoms with Gasteiger partial charge < -0.3 is 45.0 Å². The summed E-state index contributed by atoms with van der Waals surface area (Å²) in [7, 11) is 0. The predicted molar refractivity (Wildman–Crippen MR) is 257 cm³/mol. The number of unbranched alkanes of at least 4 members (excludes halogenated alkanes) is 3. The Labute approximate surface area is 415 Å². The van der Waals surface area contributed by atoms with Gasteiger partial charge in [-0.15, -0.1) is 0 Å². The normalized spacial score (nSPS) is 11.6. The molecule has 0 bridgehead atoms. The molecule has 0 atom stereocenters. The summed E-state index contributed by atoms with van der Waals surface area (Å²) in [6.45, 7) is 0.00257. The van der Waals surface area contributed by atoms with E-state index in [9.17, 15) is 55.4 Å². The zero-order valence-corrected chi connectivity index (χ0v) is 39.0. The Hall–Kier alpha value is -8.29. The van der Waals surface area contributed by atoms with E-state index in [-0.39, 0.29) is 84.6 Å². The minimum atomic E-state index is -4.27. The molecule has 0 aliphatic carbocycles. The van der Waals surface area contributed by atoms with Gasteiger partial charge in [-0.1, -0.05) is 30.3 Å². The number of benzene rings is 5. The second kappa shape index (κ2) is 26.8. The molecule has 20 heteroatoms. The summed E-state index contributed by atoms with van der Waals surface area (Å²) in [5.74, 6) is -3.15. The number of allylic oxidation sites excluding steroid dienone is 1. The Morgan fingerprint density at radius 1 is 0.521 bits per heavy atom. The molecule has 0 aliphatic rings. The van der Waals surface area contributed by atoms with E-state index in [1.807, 2.05) is 0 Å². The molecule has 0 heterocycles. The SMILES string of the molecule is Nc1cc(C(=O)O)c(C(=O)/C=C/c2ccc(OC(=O)c3ccc(OCCCC(F)(F)F)cc3)cc2)c(N)c1OCCCCCCOC(=O)/C=C/c1ccc(OC(=O)c2ccc(OCCCC(F)(F)F)cc2)cc1. The molecular formula is C53H50F6N2O12. The molecule has 5 aromatic rings. The molecule has 5 aromatic carbocycles. The van der Waals surface area contributed by atoms with Crippen molar-refractivity contribution in [2.24, 2.45) is 0 Å². The van der Waals surface area contributed by atoms with E-state index >= 15 is 0 Å². The molecular weight excluding hydrogens is 971 g/mol. The maximum absolute atomic E-state index is 13.4. The Bertz CT molecular complexity index is 2720. The summed E-state index contributed by atoms with van der Waals surface area (Å²) in [5, 5.41) is 9.86. The number of nitrogen functional groups attached to an aromatic ring is 2. The number of ketones is 1. The lowest BCUT2D eigenvalue weighted by Crippen LogP contribution is -2.14. The summed E-state index contributed by atoms with van der Waals surface area (Å²) in [4.78, 5) is 63.0. The number of carbonyl (C=O) groups is 5. The first-order valence-corrected chi connectivity index (χ1v) is 22.6. The minimum absolute atomic E-state index is 0.0492. The molecule has 0 unspecified atom stereocenters. The molecule has 0 aliphatic heterocycles. The summed E-state index contributed by atoms with van der Waals surface area (Å²) in [6.07, 6.45) is -3.17. The number of carboxylic acid groups (broad SMARTS) is 1. The summed E-state index contributed by atoms with van der Waals surface area (Å²) in [5.41, 5.74) is 12.8. The van der Waals surface area contributed by atoms with Crippen LogP contribution in [0.4, 0.5) is 37.7 Å². The summed E-state index contributed by atoms with van der Waals surface area (Å²) in [6, 6.07) is 24.9. The number of anilines is 2. The van der Waals surface area contributed by atoms with Gasteiger partial charge in [0, 0.05) is 18.9 Å². The van der Waals surface area contributed by atoms with Gasteiger partial charge in [0.05, 0.1) is 60.1 Å². The van der Waals surface area contributed by atoms with Crippen LogP contribution < -0.4 is 35.2 Å². The summed E-state index contributed by atoms with van der Waals surface area (Å²) >= 11 is 0. The number of aromatic carboxylic acids is 1. The Morgan fingerprint density at radius 3 is 1.40 bits per heavy atom. The lowest BCUT2D eigenvalue weighted by atomic mass is 9.98. The largest absolute Gasteiger partial charge is 0.494 e. The lowest BCUT2D eigenvalue weighted by molar-refractivity contribution is -0.138. The molecule has 0 saturated heterocycles. The van der Waals surface area contributed by atoms with Crippen LogP contribution in [0.25, 0.3) is 12.2 Å². The highest BCUT2D eigenvalue weighted by atomic mass is 19.4. The van der Waals surface area contributed by atoms with Gasteiger partial charge in [0.15, 0.2) is 11.5 Å². The molecule has 0 fully saturated rings. The number of hydrogen-bond acceptors (Lipinski definition) is 13. The number of carboxylic acids is 1. The molecule has 5 rings (SSSR count). The molecule has 14 nitrogen and oxygen atoms in total. The predicted octanol–water partition coefficient (Wildman–Crippen LogP) is 11.5. The maximum atomic E-state index is 13.4. The number of nitrogens with two attached hydrogens (primary N) is 2. The van der Waals surface area contributed by atoms with Gasteiger partial charge in [0.2, 0.25) is 0 Å². The highest BCUT2D eigenvalue weighted by Gasteiger charge is 2.27. The molecule has 73 heavy (non-hydrogen) atoms. The van der Waals surface area contributed by atoms with Crippen LogP contribution in [0.3, 0.4) is 0 Å². The first-order chi connectivity index (χ1) is 34.7. The fourth-order valence-electron chi connectivity index (χ4n) is 6.60. The molecule has 0 saturated carbocycles. The molecule has 5 N–H and O–H groups in total. The van der Waals surface area contributed by atoms with Crippen LogP contribution in [0.5, 0.6) is 28.7 Å². The Kier molecular flexibility index (Phi) is 20.4. The third-order valence-electron chi connectivity index (χ3n) is 10.3. The van der Waals surface area contributed by atoms with Crippen molar-refractivity contribution in [3.8, 4) is 28.7 Å². The van der Waals surface area contributed by atoms with Gasteiger partial charge in [0.25, 0.3) is 0 Å². The number of alkyl halides is 6. The lowest BCUT2D eigenvalue weighted by Gasteiger charge is -2.16. The van der Waals surface area contributed by atoms with Gasteiger partial charge in [0.1, 0.15) is 23.0 Å². The van der Waals surface area contributed by atoms with E-state index < -0.39 is 60.4 Å². The quantitative estimate of drug-likeness (QED) is 0.00894. The molecule has 0 aromatic heterocycles. The third kappa shape index (κ3) is 19.1. The monoisotopic (exact) mass is 1020 g/mol. The highest BCUT2D eigenvalue weighted by molar-refractivity contribution is 6.17. The van der Waals surface area contributed by atoms with Crippen molar-refractivity contribution in [3.63, 3.8) is 0 Å². The topological polar surface area (TPSA) is 213 Å². The fourth-order valence-corrected chi connectivity index (χ4v) is 6.60. The van der Waals surface area contributed by atoms with E-state index in [4.69, 9.17) is 39.9 Å². The third-order valence-corrected chi connectivity index (χ3v) is 10.3. The maximum Gasteiger partial charge on any atom is 0.389 e. The van der Waals surface area contributed by atoms with Crippen molar-refractivity contribution in [2.75, 3.05) is 37.9 Å². The van der Waals surface area contributed by atoms with Crippen molar-refractivity contribution in [1.82, 2.24) is 0 Å². The first-order valence-electron chi connectivity index (χ1n) is 22.6. The van der Waals surface area contributed by atoms with Crippen LogP contribution >= 0.6 is 0 Å². The van der Waals surface area contributed by atoms with Crippen molar-refractivity contribution < 1.29 is 83.8 Å². The van der Waals surface area contributed by atoms with Crippen molar-refractivity contribution in [1.29, 1.82) is 0 Å². The average Bonchev–Trinajstić information content (AvgIpc) is 3.34. The van der Waals surface area contributed by atoms with Crippen molar-refractivity contribution >= 4 is 53.2 Å². The van der Waals surface area contributed by atoms with E-state index in [0.29, 0.717) is 48.3 Å². The van der Waals surface area contributed by atoms with E-state index in [1.54, 1.807) is 24.3 Å². The van der Waals surface area contributed by atoms with Gasteiger partial charge in [-0.2, -0.15) is 26.3 Å².